The van der Waals surface area contributed by atoms with E-state index < -0.39 is 0 Å². The molecule has 2 amide bonds. The van der Waals surface area contributed by atoms with Crippen molar-refractivity contribution in [3.8, 4) is 0 Å². The summed E-state index contributed by atoms with van der Waals surface area (Å²) in [5, 5.41) is 2.68. The first-order valence-corrected chi connectivity index (χ1v) is 6.76. The fourth-order valence-electron chi connectivity index (χ4n) is 2.28. The molecule has 20 heavy (non-hydrogen) atoms. The van der Waals surface area contributed by atoms with Crippen molar-refractivity contribution in [1.82, 2.24) is 4.90 Å². The smallest absolute Gasteiger partial charge is 0.230 e. The fourth-order valence-corrected chi connectivity index (χ4v) is 2.28. The second-order valence-electron chi connectivity index (χ2n) is 4.95. The zero-order valence-corrected chi connectivity index (χ0v) is 11.3. The lowest BCUT2D eigenvalue weighted by Gasteiger charge is -2.29. The number of halogens is 1. The minimum atomic E-state index is -0.363. The largest absolute Gasteiger partial charge is 0.334 e. The Hall–Kier alpha value is -1.95. The van der Waals surface area contributed by atoms with Gasteiger partial charge in [-0.1, -0.05) is 6.07 Å². The Morgan fingerprint density at radius 2 is 2.15 bits per heavy atom. The van der Waals surface area contributed by atoms with Crippen LogP contribution in [0, 0.1) is 5.82 Å². The van der Waals surface area contributed by atoms with Gasteiger partial charge in [-0.05, 0) is 18.2 Å². The topological polar surface area (TPSA) is 53.9 Å². The molecule has 1 fully saturated rings. The van der Waals surface area contributed by atoms with Gasteiger partial charge in [0, 0.05) is 5.69 Å². The fraction of sp³-hybridized carbons (Fsp3) is 0.429. The van der Waals surface area contributed by atoms with Crippen LogP contribution in [0.4, 0.5) is 10.1 Å². The summed E-state index contributed by atoms with van der Waals surface area (Å²) in [6.07, 6.45) is 1.26. The van der Waals surface area contributed by atoms with E-state index in [0.29, 0.717) is 12.1 Å². The molecule has 0 atom stereocenters. The van der Waals surface area contributed by atoms with Crippen LogP contribution in [0.3, 0.4) is 0 Å². The third-order valence-corrected chi connectivity index (χ3v) is 3.47. The summed E-state index contributed by atoms with van der Waals surface area (Å²) >= 11 is 0. The second-order valence-corrected chi connectivity index (χ2v) is 4.95. The molecular formula is C14H19FN3O2+. The molecule has 0 aromatic heterocycles. The van der Waals surface area contributed by atoms with Crippen molar-refractivity contribution in [2.45, 2.75) is 6.42 Å². The summed E-state index contributed by atoms with van der Waals surface area (Å²) in [6.45, 7) is 3.94. The van der Waals surface area contributed by atoms with E-state index >= 15 is 0 Å². The second kappa shape index (κ2) is 7.00. The lowest BCUT2D eigenvalue weighted by molar-refractivity contribution is -0.903. The van der Waals surface area contributed by atoms with Crippen molar-refractivity contribution in [3.05, 3.63) is 30.1 Å². The summed E-state index contributed by atoms with van der Waals surface area (Å²) < 4.78 is 13.0. The first kappa shape index (κ1) is 14.5. The number of carbonyl (C=O) groups excluding carboxylic acids is 2. The Bertz CT molecular complexity index is 473. The van der Waals surface area contributed by atoms with Gasteiger partial charge < -0.3 is 15.1 Å². The molecule has 1 aromatic carbocycles. The van der Waals surface area contributed by atoms with Crippen molar-refractivity contribution in [2.24, 2.45) is 0 Å². The van der Waals surface area contributed by atoms with Crippen LogP contribution in [0.2, 0.25) is 0 Å². The zero-order valence-electron chi connectivity index (χ0n) is 11.3. The van der Waals surface area contributed by atoms with Gasteiger partial charge in [0.2, 0.25) is 12.3 Å². The first-order valence-electron chi connectivity index (χ1n) is 6.76. The van der Waals surface area contributed by atoms with Gasteiger partial charge in [0.05, 0.1) is 39.1 Å². The molecule has 0 spiro atoms. The minimum absolute atomic E-state index is 0.110. The number of piperazine rings is 1. The molecule has 1 aliphatic heterocycles. The number of carbonyl (C=O) groups is 2. The average Bonchev–Trinajstić information content (AvgIpc) is 2.46. The van der Waals surface area contributed by atoms with E-state index in [9.17, 15) is 14.0 Å². The van der Waals surface area contributed by atoms with Gasteiger partial charge >= 0.3 is 0 Å². The van der Waals surface area contributed by atoms with Crippen molar-refractivity contribution >= 4 is 18.0 Å². The third kappa shape index (κ3) is 4.31. The standard InChI is InChI=1S/C14H18FN3O2/c15-12-2-1-3-13(10-12)16-14(20)4-5-17-6-8-18(11-19)9-7-17/h1-3,10-11H,4-9H2,(H,16,20)/p+1. The van der Waals surface area contributed by atoms with Crippen LogP contribution in [0.15, 0.2) is 24.3 Å². The maximum absolute atomic E-state index is 13.0. The molecule has 2 N–H and O–H groups in total. The Balaban J connectivity index is 1.72. The number of amides is 2. The highest BCUT2D eigenvalue weighted by Gasteiger charge is 2.19. The number of benzene rings is 1. The number of hydrogen-bond acceptors (Lipinski definition) is 2. The van der Waals surface area contributed by atoms with E-state index in [1.807, 2.05) is 0 Å². The zero-order chi connectivity index (χ0) is 14.4. The van der Waals surface area contributed by atoms with Crippen LogP contribution in [-0.4, -0.2) is 49.9 Å². The highest BCUT2D eigenvalue weighted by molar-refractivity contribution is 5.90. The van der Waals surface area contributed by atoms with Gasteiger partial charge in [-0.25, -0.2) is 4.39 Å². The molecule has 0 saturated carbocycles. The van der Waals surface area contributed by atoms with Crippen LogP contribution in [-0.2, 0) is 9.59 Å². The van der Waals surface area contributed by atoms with Gasteiger partial charge in [0.1, 0.15) is 5.82 Å². The lowest BCUT2D eigenvalue weighted by Crippen LogP contribution is -3.14. The molecule has 2 rings (SSSR count). The van der Waals surface area contributed by atoms with Gasteiger partial charge in [0.15, 0.2) is 0 Å². The molecule has 5 nitrogen and oxygen atoms in total. The van der Waals surface area contributed by atoms with E-state index in [0.717, 1.165) is 39.1 Å². The Labute approximate surface area is 117 Å². The van der Waals surface area contributed by atoms with Crippen molar-refractivity contribution in [2.75, 3.05) is 38.0 Å². The molecule has 1 aliphatic rings. The first-order chi connectivity index (χ1) is 9.67. The molecule has 1 saturated heterocycles. The molecule has 1 aromatic rings. The van der Waals surface area contributed by atoms with Crippen molar-refractivity contribution < 1.29 is 18.9 Å². The van der Waals surface area contributed by atoms with E-state index in [4.69, 9.17) is 0 Å². The van der Waals surface area contributed by atoms with Crippen molar-refractivity contribution in [3.63, 3.8) is 0 Å². The SMILES string of the molecule is O=CN1CC[NH+](CCC(=O)Nc2cccc(F)c2)CC1. The summed E-state index contributed by atoms with van der Waals surface area (Å²) in [4.78, 5) is 25.4. The predicted molar refractivity (Wildman–Crippen MR) is 72.8 cm³/mol. The van der Waals surface area contributed by atoms with Gasteiger partial charge in [-0.15, -0.1) is 0 Å². The van der Waals surface area contributed by atoms with E-state index in [-0.39, 0.29) is 11.7 Å². The minimum Gasteiger partial charge on any atom is -0.334 e. The number of rotatable bonds is 5. The molecule has 0 unspecified atom stereocenters. The maximum Gasteiger partial charge on any atom is 0.230 e. The van der Waals surface area contributed by atoms with Crippen LogP contribution in [0.1, 0.15) is 6.42 Å². The van der Waals surface area contributed by atoms with E-state index in [2.05, 4.69) is 5.32 Å². The maximum atomic E-state index is 13.0. The highest BCUT2D eigenvalue weighted by atomic mass is 19.1. The van der Waals surface area contributed by atoms with Crippen LogP contribution < -0.4 is 10.2 Å². The average molecular weight is 280 g/mol. The van der Waals surface area contributed by atoms with Gasteiger partial charge in [0.25, 0.3) is 0 Å². The molecule has 1 heterocycles. The van der Waals surface area contributed by atoms with Crippen LogP contribution >= 0.6 is 0 Å². The number of nitrogens with one attached hydrogen (secondary N) is 2. The molecule has 0 radical (unpaired) electrons. The van der Waals surface area contributed by atoms with Crippen molar-refractivity contribution in [1.29, 1.82) is 0 Å². The summed E-state index contributed by atoms with van der Waals surface area (Å²) in [5.41, 5.74) is 0.482. The number of nitrogens with zero attached hydrogens (tertiary/aromatic N) is 1. The van der Waals surface area contributed by atoms with Gasteiger partial charge in [-0.3, -0.25) is 9.59 Å². The molecule has 108 valence electrons. The predicted octanol–water partition coefficient (Wildman–Crippen LogP) is -0.489. The van der Waals surface area contributed by atoms with E-state index in [1.165, 1.54) is 17.0 Å². The normalized spacial score (nSPS) is 15.9. The third-order valence-electron chi connectivity index (χ3n) is 3.47. The Morgan fingerprint density at radius 1 is 1.40 bits per heavy atom. The monoisotopic (exact) mass is 280 g/mol. The Kier molecular flexibility index (Phi) is 5.06. The molecule has 0 aliphatic carbocycles. The van der Waals surface area contributed by atoms with Crippen LogP contribution in [0.25, 0.3) is 0 Å². The summed E-state index contributed by atoms with van der Waals surface area (Å²) in [5.74, 6) is -0.473. The Morgan fingerprint density at radius 3 is 2.80 bits per heavy atom. The summed E-state index contributed by atoms with van der Waals surface area (Å²) in [7, 11) is 0. The molecule has 6 heteroatoms. The van der Waals surface area contributed by atoms with Crippen LogP contribution in [0.5, 0.6) is 0 Å². The lowest BCUT2D eigenvalue weighted by atomic mass is 10.2. The number of quaternary nitrogens is 1. The molecule has 0 bridgehead atoms. The highest BCUT2D eigenvalue weighted by Crippen LogP contribution is 2.08. The van der Waals surface area contributed by atoms with E-state index in [1.54, 1.807) is 17.0 Å². The number of hydrogen-bond donors (Lipinski definition) is 2. The van der Waals surface area contributed by atoms with Gasteiger partial charge in [-0.2, -0.15) is 0 Å². The number of anilines is 1. The summed E-state index contributed by atoms with van der Waals surface area (Å²) in [6, 6.07) is 5.87. The quantitative estimate of drug-likeness (QED) is 0.715. The molecular weight excluding hydrogens is 261 g/mol.